The van der Waals surface area contributed by atoms with Crippen LogP contribution < -0.4 is 37.2 Å². The van der Waals surface area contributed by atoms with E-state index >= 15 is 0 Å². The average Bonchev–Trinajstić information content (AvgIpc) is 2.98. The van der Waals surface area contributed by atoms with Crippen LogP contribution in [0, 0.1) is 5.41 Å². The monoisotopic (exact) mass is 468 g/mol. The molecule has 0 saturated carbocycles. The van der Waals surface area contributed by atoms with Crippen LogP contribution in [0.3, 0.4) is 0 Å². The van der Waals surface area contributed by atoms with Crippen LogP contribution in [0.4, 0.5) is 0 Å². The Hall–Kier alpha value is -0.496. The van der Waals surface area contributed by atoms with Crippen LogP contribution in [0.25, 0.3) is 0 Å². The minimum absolute atomic E-state index is 0. The second-order valence-corrected chi connectivity index (χ2v) is 9.18. The quantitative estimate of drug-likeness (QED) is 0.440. The van der Waals surface area contributed by atoms with E-state index in [2.05, 4.69) is 127 Å². The standard InChI is InChI=1S/C24H27.3ClH.Ti/c1-5-19-13-12-18-22(19)24(23(2,3)4,20-14-8-6-9-15-20)21-16-10-7-11-17-21;;;;/h6-18H,5H2,1-4H3;3*1H;/q;;;;+3/p-3. The molecule has 4 heteroatoms. The predicted molar refractivity (Wildman–Crippen MR) is 103 cm³/mol. The summed E-state index contributed by atoms with van der Waals surface area (Å²) >= 11 is 2.43. The first-order chi connectivity index (χ1) is 11.9. The smallest absolute Gasteiger partial charge is 1.00 e. The van der Waals surface area contributed by atoms with Gasteiger partial charge in [-0.1, -0.05) is 0 Å². The van der Waals surface area contributed by atoms with Crippen molar-refractivity contribution >= 4 is 0 Å². The first-order valence-electron chi connectivity index (χ1n) is 9.13. The Morgan fingerprint density at radius 1 is 0.786 bits per heavy atom. The van der Waals surface area contributed by atoms with Gasteiger partial charge in [0.1, 0.15) is 0 Å². The van der Waals surface area contributed by atoms with E-state index in [1.54, 1.807) is 0 Å². The van der Waals surface area contributed by atoms with Gasteiger partial charge in [-0.25, -0.2) is 0 Å². The Morgan fingerprint density at radius 3 is 1.57 bits per heavy atom. The van der Waals surface area contributed by atoms with Crippen molar-refractivity contribution in [3.63, 3.8) is 0 Å². The number of halogens is 3. The van der Waals surface area contributed by atoms with Gasteiger partial charge >= 0.3 is 165 Å². The molecule has 2 aromatic rings. The van der Waals surface area contributed by atoms with Gasteiger partial charge in [-0.2, -0.15) is 0 Å². The van der Waals surface area contributed by atoms with Crippen LogP contribution in [-0.4, -0.2) is 0 Å². The Kier molecular flexibility index (Phi) is 10.3. The second kappa shape index (κ2) is 10.5. The van der Waals surface area contributed by atoms with Crippen molar-refractivity contribution < 1.29 is 57.7 Å². The van der Waals surface area contributed by atoms with Crippen molar-refractivity contribution in [2.45, 2.75) is 43.3 Å². The van der Waals surface area contributed by atoms with E-state index in [1.807, 2.05) is 0 Å². The maximum absolute atomic E-state index is 2.43. The molecule has 0 fully saturated rings. The number of rotatable bonds is 4. The zero-order chi connectivity index (χ0) is 18.1. The molecule has 0 nitrogen and oxygen atoms in total. The molecule has 148 valence electrons. The van der Waals surface area contributed by atoms with E-state index in [1.165, 1.54) is 16.7 Å². The van der Waals surface area contributed by atoms with Gasteiger partial charge in [-0.15, -0.1) is 0 Å². The summed E-state index contributed by atoms with van der Waals surface area (Å²) in [5, 5.41) is 0. The van der Waals surface area contributed by atoms with Crippen molar-refractivity contribution in [2.75, 3.05) is 0 Å². The summed E-state index contributed by atoms with van der Waals surface area (Å²) in [6.45, 7) is 9.44. The van der Waals surface area contributed by atoms with Crippen LogP contribution >= 0.6 is 0 Å². The van der Waals surface area contributed by atoms with E-state index in [0.29, 0.717) is 0 Å². The molecule has 0 heterocycles. The summed E-state index contributed by atoms with van der Waals surface area (Å²) in [4.78, 5) is 0. The molecule has 3 rings (SSSR count). The maximum Gasteiger partial charge on any atom is -1.00 e. The predicted octanol–water partition coefficient (Wildman–Crippen LogP) is -2.36. The van der Waals surface area contributed by atoms with Crippen LogP contribution in [0.2, 0.25) is 3.72 Å². The third-order valence-corrected chi connectivity index (χ3v) is 7.01. The molecule has 0 aromatic heterocycles. The fourth-order valence-electron chi connectivity index (χ4n) is 4.77. The fraction of sp³-hybridized carbons (Fsp3) is 0.333. The summed E-state index contributed by atoms with van der Waals surface area (Å²) in [6, 6.07) is 22.2. The van der Waals surface area contributed by atoms with E-state index in [0.717, 1.165) is 6.42 Å². The third-order valence-electron chi connectivity index (χ3n) is 5.66. The molecule has 0 saturated heterocycles. The Morgan fingerprint density at radius 2 is 1.21 bits per heavy atom. The molecular formula is C24H27Cl3Ti. The number of allylic oxidation sites excluding steroid dienone is 4. The number of hydrogen-bond donors (Lipinski definition) is 0. The van der Waals surface area contributed by atoms with Crippen molar-refractivity contribution in [1.29, 1.82) is 0 Å². The summed E-state index contributed by atoms with van der Waals surface area (Å²) in [5.41, 5.74) is 4.18. The molecule has 2 aromatic carbocycles. The van der Waals surface area contributed by atoms with E-state index in [-0.39, 0.29) is 51.8 Å². The zero-order valence-corrected chi connectivity index (χ0v) is 20.7. The van der Waals surface area contributed by atoms with Gasteiger partial charge in [0.25, 0.3) is 0 Å². The average molecular weight is 470 g/mol. The van der Waals surface area contributed by atoms with Crippen molar-refractivity contribution in [1.82, 2.24) is 0 Å². The van der Waals surface area contributed by atoms with Crippen LogP contribution in [0.15, 0.2) is 84.5 Å². The van der Waals surface area contributed by atoms with Crippen LogP contribution in [0.1, 0.15) is 45.2 Å². The summed E-state index contributed by atoms with van der Waals surface area (Å²) in [5.74, 6) is 0. The normalized spacial score (nSPS) is 18.4. The van der Waals surface area contributed by atoms with Crippen LogP contribution in [-0.2, 0) is 25.9 Å². The van der Waals surface area contributed by atoms with Crippen molar-refractivity contribution in [3.8, 4) is 0 Å². The largest absolute Gasteiger partial charge is 1.00 e. The Labute approximate surface area is 200 Å². The number of benzene rings is 2. The molecular weight excluding hydrogens is 442 g/mol. The summed E-state index contributed by atoms with van der Waals surface area (Å²) in [7, 11) is 0. The number of hydrogen-bond acceptors (Lipinski definition) is 0. The van der Waals surface area contributed by atoms with Gasteiger partial charge in [0.15, 0.2) is 0 Å². The van der Waals surface area contributed by atoms with Crippen molar-refractivity contribution in [3.05, 3.63) is 95.6 Å². The van der Waals surface area contributed by atoms with E-state index < -0.39 is 0 Å². The molecule has 0 bridgehead atoms. The molecule has 1 aliphatic carbocycles. The minimum Gasteiger partial charge on any atom is -1.00 e. The van der Waals surface area contributed by atoms with Crippen LogP contribution in [0.5, 0.6) is 0 Å². The first-order valence-corrected chi connectivity index (χ1v) is 9.91. The molecule has 1 atom stereocenters. The third kappa shape index (κ3) is 4.18. The van der Waals surface area contributed by atoms with Crippen molar-refractivity contribution in [2.24, 2.45) is 5.41 Å². The van der Waals surface area contributed by atoms with Gasteiger partial charge in [0.2, 0.25) is 0 Å². The first kappa shape index (κ1) is 27.5. The molecule has 1 unspecified atom stereocenters. The second-order valence-electron chi connectivity index (χ2n) is 7.94. The summed E-state index contributed by atoms with van der Waals surface area (Å²) < 4.78 is -0.0529. The molecule has 0 spiro atoms. The summed E-state index contributed by atoms with van der Waals surface area (Å²) in [6.07, 6.45) is 8.08. The van der Waals surface area contributed by atoms with Gasteiger partial charge in [-0.3, -0.25) is 0 Å². The maximum atomic E-state index is 2.43. The van der Waals surface area contributed by atoms with E-state index in [9.17, 15) is 0 Å². The molecule has 28 heavy (non-hydrogen) atoms. The Balaban J connectivity index is 0.00000243. The molecule has 1 aliphatic rings. The molecule has 0 amide bonds. The fourth-order valence-corrected chi connectivity index (χ4v) is 6.36. The zero-order valence-electron chi connectivity index (χ0n) is 16.8. The Bertz CT molecular complexity index is 752. The minimum atomic E-state index is -0.142. The topological polar surface area (TPSA) is 0 Å². The molecule has 0 aliphatic heterocycles. The molecule has 0 N–H and O–H groups in total. The SMILES string of the molecule is CCC1=CC=C[C]1([Ti+3])C(c1ccccc1)(c1ccccc1)C(C)(C)C.[Cl-].[Cl-].[Cl-]. The van der Waals surface area contributed by atoms with E-state index in [4.69, 9.17) is 0 Å². The molecule has 0 radical (unpaired) electrons. The van der Waals surface area contributed by atoms with Gasteiger partial charge in [0, 0.05) is 0 Å². The van der Waals surface area contributed by atoms with Gasteiger partial charge < -0.3 is 37.2 Å². The van der Waals surface area contributed by atoms with Gasteiger partial charge in [-0.05, 0) is 0 Å². The van der Waals surface area contributed by atoms with Gasteiger partial charge in [0.05, 0.1) is 0 Å².